The minimum Gasteiger partial charge on any atom is -0.467 e. The smallest absolute Gasteiger partial charge is 0.189 e. The molecule has 4 heteroatoms. The maximum Gasteiger partial charge on any atom is 0.189 e. The van der Waals surface area contributed by atoms with Crippen molar-refractivity contribution in [3.63, 3.8) is 0 Å². The highest BCUT2D eigenvalue weighted by molar-refractivity contribution is 5.53. The van der Waals surface area contributed by atoms with E-state index in [9.17, 15) is 0 Å². The molecule has 1 heterocycles. The molecule has 1 aromatic rings. The Kier molecular flexibility index (Phi) is 4.43. The van der Waals surface area contributed by atoms with Gasteiger partial charge in [0.25, 0.3) is 0 Å². The Balaban J connectivity index is 1.52. The van der Waals surface area contributed by atoms with Gasteiger partial charge in [-0.3, -0.25) is 0 Å². The van der Waals surface area contributed by atoms with Gasteiger partial charge in [0.15, 0.2) is 6.79 Å². The highest BCUT2D eigenvalue weighted by Gasteiger charge is 2.21. The number of anilines is 1. The second-order valence-electron chi connectivity index (χ2n) is 5.76. The maximum atomic E-state index is 5.70. The third-order valence-electron chi connectivity index (χ3n) is 3.99. The van der Waals surface area contributed by atoms with E-state index in [0.717, 1.165) is 44.5 Å². The van der Waals surface area contributed by atoms with Gasteiger partial charge < -0.3 is 19.7 Å². The molecular formula is C16H24N2O2. The molecule has 0 amide bonds. The Morgan fingerprint density at radius 1 is 1.25 bits per heavy atom. The standard InChI is InChI=1S/C16H24N2O2/c1-13-10-15(18-8-6-17-7-9-18)4-5-16(13)20-12-19-11-14-2-3-14/h4-5,10,14,17H,2-3,6-9,11-12H2,1H3. The van der Waals surface area contributed by atoms with E-state index in [1.807, 2.05) is 0 Å². The lowest BCUT2D eigenvalue weighted by molar-refractivity contribution is 0.00962. The second kappa shape index (κ2) is 6.46. The third-order valence-corrected chi connectivity index (χ3v) is 3.99. The summed E-state index contributed by atoms with van der Waals surface area (Å²) in [5, 5.41) is 3.38. The van der Waals surface area contributed by atoms with Crippen LogP contribution in [0.1, 0.15) is 18.4 Å². The normalized spacial score (nSPS) is 19.1. The molecule has 0 aromatic heterocycles. The molecule has 3 rings (SSSR count). The molecule has 0 spiro atoms. The zero-order valence-electron chi connectivity index (χ0n) is 12.2. The van der Waals surface area contributed by atoms with E-state index in [1.54, 1.807) is 0 Å². The molecule has 0 radical (unpaired) electrons. The lowest BCUT2D eigenvalue weighted by atomic mass is 10.1. The fourth-order valence-electron chi connectivity index (χ4n) is 2.52. The van der Waals surface area contributed by atoms with Gasteiger partial charge in [-0.15, -0.1) is 0 Å². The minimum absolute atomic E-state index is 0.365. The average molecular weight is 276 g/mol. The van der Waals surface area contributed by atoms with Crippen molar-refractivity contribution in [3.05, 3.63) is 23.8 Å². The number of nitrogens with one attached hydrogen (secondary N) is 1. The van der Waals surface area contributed by atoms with Gasteiger partial charge in [0.1, 0.15) is 5.75 Å². The van der Waals surface area contributed by atoms with Crippen molar-refractivity contribution in [2.75, 3.05) is 44.5 Å². The predicted molar refractivity (Wildman–Crippen MR) is 80.4 cm³/mol. The Morgan fingerprint density at radius 3 is 2.75 bits per heavy atom. The van der Waals surface area contributed by atoms with Crippen LogP contribution in [-0.2, 0) is 4.74 Å². The topological polar surface area (TPSA) is 33.7 Å². The van der Waals surface area contributed by atoms with E-state index >= 15 is 0 Å². The highest BCUT2D eigenvalue weighted by Crippen LogP contribution is 2.29. The van der Waals surface area contributed by atoms with Crippen LogP contribution in [0.25, 0.3) is 0 Å². The van der Waals surface area contributed by atoms with E-state index in [-0.39, 0.29) is 0 Å². The minimum atomic E-state index is 0.365. The zero-order valence-corrected chi connectivity index (χ0v) is 12.2. The first kappa shape index (κ1) is 13.7. The summed E-state index contributed by atoms with van der Waals surface area (Å²) in [7, 11) is 0. The predicted octanol–water partition coefficient (Wildman–Crippen LogP) is 2.17. The van der Waals surface area contributed by atoms with Gasteiger partial charge in [0.05, 0.1) is 6.61 Å². The molecule has 1 aliphatic heterocycles. The van der Waals surface area contributed by atoms with Gasteiger partial charge in [-0.25, -0.2) is 0 Å². The molecule has 4 nitrogen and oxygen atoms in total. The van der Waals surface area contributed by atoms with E-state index in [1.165, 1.54) is 24.1 Å². The molecule has 0 bridgehead atoms. The lowest BCUT2D eigenvalue weighted by Gasteiger charge is -2.29. The Bertz CT molecular complexity index is 440. The van der Waals surface area contributed by atoms with Gasteiger partial charge in [-0.2, -0.15) is 0 Å². The summed E-state index contributed by atoms with van der Waals surface area (Å²) in [6.45, 7) is 7.58. The number of benzene rings is 1. The maximum absolute atomic E-state index is 5.70. The summed E-state index contributed by atoms with van der Waals surface area (Å²) in [5.74, 6) is 1.72. The van der Waals surface area contributed by atoms with E-state index < -0.39 is 0 Å². The monoisotopic (exact) mass is 276 g/mol. The molecule has 1 saturated heterocycles. The van der Waals surface area contributed by atoms with Gasteiger partial charge >= 0.3 is 0 Å². The number of ether oxygens (including phenoxy) is 2. The van der Waals surface area contributed by atoms with Crippen LogP contribution in [0.15, 0.2) is 18.2 Å². The quantitative estimate of drug-likeness (QED) is 0.638. The Morgan fingerprint density at radius 2 is 2.05 bits per heavy atom. The number of nitrogens with zero attached hydrogens (tertiary/aromatic N) is 1. The van der Waals surface area contributed by atoms with Crippen molar-refractivity contribution >= 4 is 5.69 Å². The van der Waals surface area contributed by atoms with Crippen molar-refractivity contribution in [2.24, 2.45) is 5.92 Å². The summed E-state index contributed by atoms with van der Waals surface area (Å²) in [5.41, 5.74) is 2.46. The van der Waals surface area contributed by atoms with Gasteiger partial charge in [0.2, 0.25) is 0 Å². The summed E-state index contributed by atoms with van der Waals surface area (Å²) >= 11 is 0. The summed E-state index contributed by atoms with van der Waals surface area (Å²) < 4.78 is 11.2. The number of hydrogen-bond acceptors (Lipinski definition) is 4. The lowest BCUT2D eigenvalue weighted by Crippen LogP contribution is -2.43. The largest absolute Gasteiger partial charge is 0.467 e. The van der Waals surface area contributed by atoms with Gasteiger partial charge in [0, 0.05) is 31.9 Å². The SMILES string of the molecule is Cc1cc(N2CCNCC2)ccc1OCOCC1CC1. The van der Waals surface area contributed by atoms with Crippen molar-refractivity contribution in [2.45, 2.75) is 19.8 Å². The van der Waals surface area contributed by atoms with Gasteiger partial charge in [-0.1, -0.05) is 0 Å². The molecule has 1 aromatic carbocycles. The average Bonchev–Trinajstić information content (AvgIpc) is 3.30. The number of aryl methyl sites for hydroxylation is 1. The Hall–Kier alpha value is -1.26. The molecule has 0 unspecified atom stereocenters. The van der Waals surface area contributed by atoms with Crippen LogP contribution in [0.4, 0.5) is 5.69 Å². The van der Waals surface area contributed by atoms with Crippen LogP contribution in [0.5, 0.6) is 5.75 Å². The van der Waals surface area contributed by atoms with Crippen molar-refractivity contribution in [3.8, 4) is 5.75 Å². The molecule has 1 aliphatic carbocycles. The summed E-state index contributed by atoms with van der Waals surface area (Å²) in [6, 6.07) is 6.42. The fourth-order valence-corrected chi connectivity index (χ4v) is 2.52. The van der Waals surface area contributed by atoms with E-state index in [0.29, 0.717) is 6.79 Å². The van der Waals surface area contributed by atoms with E-state index in [2.05, 4.69) is 35.3 Å². The number of hydrogen-bond donors (Lipinski definition) is 1. The molecule has 0 atom stereocenters. The molecule has 2 fully saturated rings. The van der Waals surface area contributed by atoms with Crippen LogP contribution in [0.3, 0.4) is 0 Å². The summed E-state index contributed by atoms with van der Waals surface area (Å²) in [4.78, 5) is 2.41. The van der Waals surface area contributed by atoms with Crippen LogP contribution < -0.4 is 15.0 Å². The van der Waals surface area contributed by atoms with Crippen molar-refractivity contribution in [1.29, 1.82) is 0 Å². The zero-order chi connectivity index (χ0) is 13.8. The first-order chi connectivity index (χ1) is 9.83. The molecule has 20 heavy (non-hydrogen) atoms. The molecule has 1 N–H and O–H groups in total. The third kappa shape index (κ3) is 3.64. The Labute approximate surface area is 121 Å². The highest BCUT2D eigenvalue weighted by atomic mass is 16.7. The van der Waals surface area contributed by atoms with Crippen LogP contribution >= 0.6 is 0 Å². The fraction of sp³-hybridized carbons (Fsp3) is 0.625. The molecule has 110 valence electrons. The molecule has 1 saturated carbocycles. The van der Waals surface area contributed by atoms with Crippen molar-refractivity contribution in [1.82, 2.24) is 5.32 Å². The van der Waals surface area contributed by atoms with Gasteiger partial charge in [-0.05, 0) is 49.4 Å². The van der Waals surface area contributed by atoms with Crippen molar-refractivity contribution < 1.29 is 9.47 Å². The molecular weight excluding hydrogens is 252 g/mol. The van der Waals surface area contributed by atoms with Crippen LogP contribution in [0, 0.1) is 12.8 Å². The second-order valence-corrected chi connectivity index (χ2v) is 5.76. The first-order valence-corrected chi connectivity index (χ1v) is 7.60. The number of piperazine rings is 1. The van der Waals surface area contributed by atoms with Crippen LogP contribution in [-0.4, -0.2) is 39.6 Å². The first-order valence-electron chi connectivity index (χ1n) is 7.60. The molecule has 2 aliphatic rings. The number of rotatable bonds is 6. The summed E-state index contributed by atoms with van der Waals surface area (Å²) in [6.07, 6.45) is 2.64. The van der Waals surface area contributed by atoms with Crippen LogP contribution in [0.2, 0.25) is 0 Å². The van der Waals surface area contributed by atoms with E-state index in [4.69, 9.17) is 9.47 Å².